The molecule has 0 amide bonds. The molecule has 0 fully saturated rings. The average Bonchev–Trinajstić information content (AvgIpc) is 2.16. The van der Waals surface area contributed by atoms with E-state index in [1.54, 1.807) is 0 Å². The Morgan fingerprint density at radius 2 is 1.27 bits per heavy atom. The van der Waals surface area contributed by atoms with E-state index >= 15 is 0 Å². The van der Waals surface area contributed by atoms with Crippen LogP contribution >= 0.6 is 0 Å². The van der Waals surface area contributed by atoms with Crippen molar-refractivity contribution < 1.29 is 5.48 Å². The molecule has 0 saturated heterocycles. The van der Waals surface area contributed by atoms with E-state index in [4.69, 9.17) is 0 Å². The van der Waals surface area contributed by atoms with Crippen LogP contribution in [-0.4, -0.2) is 5.48 Å². The Morgan fingerprint density at radius 3 is 1.33 bits per heavy atom. The Labute approximate surface area is 98.0 Å². The predicted molar refractivity (Wildman–Crippen MR) is 72.3 cm³/mol. The lowest BCUT2D eigenvalue weighted by Gasteiger charge is -2.17. The molecule has 0 radical (unpaired) electrons. The van der Waals surface area contributed by atoms with Gasteiger partial charge in [0.2, 0.25) is 0 Å². The average molecular weight is 218 g/mol. The van der Waals surface area contributed by atoms with E-state index in [2.05, 4.69) is 41.5 Å². The first-order chi connectivity index (χ1) is 6.63. The van der Waals surface area contributed by atoms with Crippen molar-refractivity contribution in [3.8, 4) is 0 Å². The molecule has 1 heteroatoms. The molecule has 15 heavy (non-hydrogen) atoms. The van der Waals surface area contributed by atoms with E-state index in [9.17, 15) is 0 Å². The molecular formula is C14H34O. The van der Waals surface area contributed by atoms with Crippen molar-refractivity contribution in [3.05, 3.63) is 0 Å². The molecule has 0 aliphatic carbocycles. The van der Waals surface area contributed by atoms with Gasteiger partial charge in [-0.1, -0.05) is 80.1 Å². The van der Waals surface area contributed by atoms with E-state index < -0.39 is 0 Å². The van der Waals surface area contributed by atoms with Gasteiger partial charge in [-0.15, -0.1) is 0 Å². The SMILES string of the molecule is CCCC(CC)C(C)C.CCCCC.O. The van der Waals surface area contributed by atoms with Crippen molar-refractivity contribution in [1.29, 1.82) is 0 Å². The second-order valence-corrected chi connectivity index (χ2v) is 4.55. The number of unbranched alkanes of at least 4 members (excludes halogenated alkanes) is 2. The van der Waals surface area contributed by atoms with Gasteiger partial charge in [0, 0.05) is 0 Å². The molecule has 0 aliphatic rings. The van der Waals surface area contributed by atoms with Gasteiger partial charge in [0.25, 0.3) is 0 Å². The third kappa shape index (κ3) is 16.6. The predicted octanol–water partition coefficient (Wildman–Crippen LogP) is 4.84. The first-order valence-corrected chi connectivity index (χ1v) is 6.63. The van der Waals surface area contributed by atoms with Crippen molar-refractivity contribution in [2.75, 3.05) is 0 Å². The minimum atomic E-state index is 0. The lowest BCUT2D eigenvalue weighted by atomic mass is 9.89. The highest BCUT2D eigenvalue weighted by Gasteiger charge is 2.08. The van der Waals surface area contributed by atoms with Crippen molar-refractivity contribution in [3.63, 3.8) is 0 Å². The Balaban J connectivity index is -0.000000208. The van der Waals surface area contributed by atoms with Crippen molar-refractivity contribution in [2.24, 2.45) is 11.8 Å². The van der Waals surface area contributed by atoms with Crippen LogP contribution in [0.15, 0.2) is 0 Å². The summed E-state index contributed by atoms with van der Waals surface area (Å²) in [5.74, 6) is 1.85. The van der Waals surface area contributed by atoms with Crippen LogP contribution in [0, 0.1) is 11.8 Å². The number of hydrogen-bond acceptors (Lipinski definition) is 0. The fourth-order valence-electron chi connectivity index (χ4n) is 1.73. The molecule has 0 saturated carbocycles. The molecule has 0 bridgehead atoms. The minimum absolute atomic E-state index is 0. The first-order valence-electron chi connectivity index (χ1n) is 6.63. The van der Waals surface area contributed by atoms with Crippen LogP contribution in [0.2, 0.25) is 0 Å². The number of rotatable bonds is 6. The fraction of sp³-hybridized carbons (Fsp3) is 1.00. The largest absolute Gasteiger partial charge is 0.412 e. The Bertz CT molecular complexity index is 87.3. The molecule has 0 spiro atoms. The van der Waals surface area contributed by atoms with Crippen LogP contribution in [0.25, 0.3) is 0 Å². The molecule has 0 heterocycles. The van der Waals surface area contributed by atoms with Crippen molar-refractivity contribution in [2.45, 2.75) is 80.1 Å². The molecule has 1 atom stereocenters. The van der Waals surface area contributed by atoms with Crippen molar-refractivity contribution in [1.82, 2.24) is 0 Å². The molecule has 0 rings (SSSR count). The number of hydrogen-bond donors (Lipinski definition) is 0. The van der Waals surface area contributed by atoms with Crippen LogP contribution in [0.1, 0.15) is 80.1 Å². The van der Waals surface area contributed by atoms with E-state index in [-0.39, 0.29) is 5.48 Å². The van der Waals surface area contributed by atoms with E-state index in [1.165, 1.54) is 38.5 Å². The summed E-state index contributed by atoms with van der Waals surface area (Å²) in [6.45, 7) is 13.6. The molecule has 1 unspecified atom stereocenters. The summed E-state index contributed by atoms with van der Waals surface area (Å²) >= 11 is 0. The summed E-state index contributed by atoms with van der Waals surface area (Å²) in [6, 6.07) is 0. The summed E-state index contributed by atoms with van der Waals surface area (Å²) in [7, 11) is 0. The van der Waals surface area contributed by atoms with Gasteiger partial charge in [0.1, 0.15) is 0 Å². The molecule has 0 aliphatic heterocycles. The van der Waals surface area contributed by atoms with Crippen LogP contribution in [-0.2, 0) is 0 Å². The minimum Gasteiger partial charge on any atom is -0.412 e. The quantitative estimate of drug-likeness (QED) is 0.611. The molecule has 0 aromatic heterocycles. The third-order valence-corrected chi connectivity index (χ3v) is 2.83. The molecule has 2 N–H and O–H groups in total. The fourth-order valence-corrected chi connectivity index (χ4v) is 1.73. The second-order valence-electron chi connectivity index (χ2n) is 4.55. The Hall–Kier alpha value is -0.0400. The normalized spacial score (nSPS) is 11.4. The zero-order chi connectivity index (χ0) is 11.4. The van der Waals surface area contributed by atoms with Crippen LogP contribution in [0.4, 0.5) is 0 Å². The summed E-state index contributed by atoms with van der Waals surface area (Å²) in [5.41, 5.74) is 0. The lowest BCUT2D eigenvalue weighted by Crippen LogP contribution is -2.06. The van der Waals surface area contributed by atoms with Gasteiger partial charge >= 0.3 is 0 Å². The Morgan fingerprint density at radius 1 is 0.800 bits per heavy atom. The lowest BCUT2D eigenvalue weighted by molar-refractivity contribution is 0.346. The second kappa shape index (κ2) is 16.4. The summed E-state index contributed by atoms with van der Waals surface area (Å²) in [6.07, 6.45) is 8.18. The maximum absolute atomic E-state index is 2.32. The smallest absolute Gasteiger partial charge is 0.0394 e. The standard InChI is InChI=1S/C9H20.C5H12.H2O/c1-5-7-9(6-2)8(3)4;1-3-5-4-2;/h8-9H,5-7H2,1-4H3;3-5H2,1-2H3;1H2. The van der Waals surface area contributed by atoms with E-state index in [1.807, 2.05) is 0 Å². The zero-order valence-corrected chi connectivity index (χ0v) is 11.9. The summed E-state index contributed by atoms with van der Waals surface area (Å²) < 4.78 is 0. The van der Waals surface area contributed by atoms with Crippen LogP contribution < -0.4 is 0 Å². The Kier molecular flexibility index (Phi) is 22.3. The van der Waals surface area contributed by atoms with Gasteiger partial charge in [-0.2, -0.15) is 0 Å². The van der Waals surface area contributed by atoms with Gasteiger partial charge in [-0.05, 0) is 11.8 Å². The van der Waals surface area contributed by atoms with Gasteiger partial charge in [0.15, 0.2) is 0 Å². The highest BCUT2D eigenvalue weighted by atomic mass is 16.0. The van der Waals surface area contributed by atoms with Crippen LogP contribution in [0.5, 0.6) is 0 Å². The third-order valence-electron chi connectivity index (χ3n) is 2.83. The molecule has 96 valence electrons. The maximum Gasteiger partial charge on any atom is -0.0394 e. The van der Waals surface area contributed by atoms with Gasteiger partial charge in [-0.25, -0.2) is 0 Å². The van der Waals surface area contributed by atoms with Crippen molar-refractivity contribution >= 4 is 0 Å². The molecule has 1 nitrogen and oxygen atoms in total. The molecular weight excluding hydrogens is 184 g/mol. The topological polar surface area (TPSA) is 31.5 Å². The zero-order valence-electron chi connectivity index (χ0n) is 11.9. The van der Waals surface area contributed by atoms with E-state index in [0.717, 1.165) is 11.8 Å². The monoisotopic (exact) mass is 218 g/mol. The van der Waals surface area contributed by atoms with Gasteiger partial charge in [-0.3, -0.25) is 0 Å². The first kappa shape index (κ1) is 20.4. The molecule has 0 aromatic rings. The summed E-state index contributed by atoms with van der Waals surface area (Å²) in [4.78, 5) is 0. The van der Waals surface area contributed by atoms with Gasteiger partial charge < -0.3 is 5.48 Å². The maximum atomic E-state index is 2.32. The molecule has 0 aromatic carbocycles. The summed E-state index contributed by atoms with van der Waals surface area (Å²) in [5, 5.41) is 0. The van der Waals surface area contributed by atoms with Crippen LogP contribution in [0.3, 0.4) is 0 Å². The van der Waals surface area contributed by atoms with E-state index in [0.29, 0.717) is 0 Å². The highest BCUT2D eigenvalue weighted by molar-refractivity contribution is 4.59. The van der Waals surface area contributed by atoms with Gasteiger partial charge in [0.05, 0.1) is 0 Å². The highest BCUT2D eigenvalue weighted by Crippen LogP contribution is 2.19.